The van der Waals surface area contributed by atoms with E-state index < -0.39 is 0 Å². The van der Waals surface area contributed by atoms with E-state index in [-0.39, 0.29) is 53.6 Å². The molecule has 0 bridgehead atoms. The number of aromatic nitrogens is 11. The Kier molecular flexibility index (Phi) is 23.1. The van der Waals surface area contributed by atoms with Gasteiger partial charge >= 0.3 is 21.1 Å². The molecule has 16 aromatic carbocycles. The first kappa shape index (κ1) is 92.7. The minimum Gasteiger partial charge on any atom is -0.416 e. The van der Waals surface area contributed by atoms with E-state index in [1.807, 2.05) is 72.8 Å². The second-order valence-corrected chi connectivity index (χ2v) is 43.7. The normalized spacial score (nSPS) is 12.4. The molecule has 700 valence electrons. The van der Waals surface area contributed by atoms with Crippen LogP contribution in [0.1, 0.15) is 164 Å². The largest absolute Gasteiger partial charge is 2.00 e. The average Bonchev–Trinajstić information content (AvgIpc) is 1.59. The number of hydrogen-bond donors (Lipinski definition) is 0. The standard InChI is InChI=1S/C72H67N6.C56H44N5O2.Pt/c1-69(2,3)47-24-36-61-55(41-47)56-42-48(70(4,5)6)25-37-62(56)75(61)51-28-32-53(33-29-51)77-65-22-15-13-20-59(65)73-67(77)45-18-17-19-46(40-45)68-74-60-21-14-16-23-66(60)78(68)54-34-30-52(31-35-54)76-63-38-26-49(71(7,8)9)43-57(63)58-44-50(72(10,11)12)27-39-64(58)76;1-8-35-15-27-46(28-16-35)61-49-29-21-40(38-11-9-13-42(31-38)53-59-57-51(62-53)36-17-23-44(24-18-36)55(2,3)4)33-47(49)48-34-41(22-30-50(48)61)39-12-10-14-43(32-39)54-60-58-52(63-54)37-19-25-45(26-20-37)56(5,6)7;/h13-39,41-44H,1-12H3;9-34H,2-7H3;/q2*-1;+2. The Morgan fingerprint density at radius 1 is 0.232 bits per heavy atom. The van der Waals surface area contributed by atoms with Gasteiger partial charge in [-0.1, -0.05) is 257 Å². The van der Waals surface area contributed by atoms with Gasteiger partial charge in [0, 0.05) is 83.0 Å². The Hall–Kier alpha value is -15.6. The van der Waals surface area contributed by atoms with E-state index in [1.165, 1.54) is 77.0 Å². The summed E-state index contributed by atoms with van der Waals surface area (Å²) in [6.45, 7) is 40.7. The SMILES string of the molecule is CC(C)(C)c1ccc2c(c1)c1cc(C(C)(C)C)ccc1n2-c1ccc(-n2c(-c3[c-]c(-c4nc5ccccc5n4-c4ccc(-n5c6ccc(C(C)(C)C)cc6c6cc(C(C)(C)C)ccc65)cc4)ccc3)nc3ccccc32)cc1.[C-]#Cc1ccc(-n2c3ccc(-c4cccc(-c5nnc(-c6ccc(C(C)(C)C)cc6)o5)c4)cc3c3cc(-c4cccc(-c5nnc(-c6ccc(C(C)(C)C)cc6)o5)c4)ccc32)cc1.[Pt+2]. The van der Waals surface area contributed by atoms with Gasteiger partial charge < -0.3 is 38.1 Å². The van der Waals surface area contributed by atoms with Gasteiger partial charge in [-0.3, -0.25) is 15.9 Å². The predicted octanol–water partition coefficient (Wildman–Crippen LogP) is 33.0. The van der Waals surface area contributed by atoms with Crippen molar-refractivity contribution >= 4 is 87.5 Å². The number of nitrogens with zero attached hydrogens (tertiary/aromatic N) is 11. The molecular formula is C128H111N11O2Pt. The molecule has 23 aromatic rings. The number of imidazole rings is 2. The quantitative estimate of drug-likeness (QED) is 0.0825. The molecule has 142 heavy (non-hydrogen) atoms. The van der Waals surface area contributed by atoms with Gasteiger partial charge in [0.2, 0.25) is 23.6 Å². The Morgan fingerprint density at radius 3 is 0.803 bits per heavy atom. The van der Waals surface area contributed by atoms with E-state index >= 15 is 0 Å². The summed E-state index contributed by atoms with van der Waals surface area (Å²) in [6.07, 6.45) is 7.65. The number of benzene rings is 16. The Bertz CT molecular complexity index is 8260. The van der Waals surface area contributed by atoms with Crippen molar-refractivity contribution in [1.82, 2.24) is 53.2 Å². The third kappa shape index (κ3) is 17.1. The summed E-state index contributed by atoms with van der Waals surface area (Å²) >= 11 is 0. The van der Waals surface area contributed by atoms with Gasteiger partial charge in [0.05, 0.1) is 66.8 Å². The molecule has 0 aliphatic carbocycles. The fourth-order valence-corrected chi connectivity index (χ4v) is 19.8. The van der Waals surface area contributed by atoms with Crippen LogP contribution in [0.15, 0.2) is 355 Å². The van der Waals surface area contributed by atoms with E-state index in [1.54, 1.807) is 0 Å². The van der Waals surface area contributed by atoms with Crippen LogP contribution in [0.2, 0.25) is 0 Å². The molecule has 0 saturated heterocycles. The second kappa shape index (κ2) is 35.3. The number of hydrogen-bond acceptors (Lipinski definition) is 8. The van der Waals surface area contributed by atoms with Crippen LogP contribution >= 0.6 is 0 Å². The topological polar surface area (TPSA) is 128 Å². The van der Waals surface area contributed by atoms with Crippen LogP contribution < -0.4 is 0 Å². The van der Waals surface area contributed by atoms with Crippen molar-refractivity contribution in [2.24, 2.45) is 0 Å². The number of para-hydroxylation sites is 4. The molecule has 0 atom stereocenters. The van der Waals surface area contributed by atoms with Gasteiger partial charge in [-0.2, -0.15) is 0 Å². The van der Waals surface area contributed by atoms with Crippen molar-refractivity contribution in [2.45, 2.75) is 157 Å². The molecule has 13 nitrogen and oxygen atoms in total. The molecule has 0 unspecified atom stereocenters. The first-order chi connectivity index (χ1) is 67.6. The molecule has 0 aliphatic rings. The summed E-state index contributed by atoms with van der Waals surface area (Å²) in [7, 11) is 0. The van der Waals surface area contributed by atoms with Crippen molar-refractivity contribution in [1.29, 1.82) is 0 Å². The molecule has 23 rings (SSSR count). The van der Waals surface area contributed by atoms with E-state index in [9.17, 15) is 0 Å². The summed E-state index contributed by atoms with van der Waals surface area (Å²) in [4.78, 5) is 10.7. The van der Waals surface area contributed by atoms with Gasteiger partial charge in [0.25, 0.3) is 0 Å². The van der Waals surface area contributed by atoms with Crippen LogP contribution in [0.3, 0.4) is 0 Å². The molecule has 0 N–H and O–H groups in total. The van der Waals surface area contributed by atoms with Gasteiger partial charge in [-0.25, -0.2) is 0 Å². The maximum absolute atomic E-state index is 7.65. The summed E-state index contributed by atoms with van der Waals surface area (Å²) in [5.74, 6) is 6.04. The maximum atomic E-state index is 7.65. The Morgan fingerprint density at radius 2 is 0.486 bits per heavy atom. The molecule has 0 saturated carbocycles. The van der Waals surface area contributed by atoms with Gasteiger partial charge in [0.15, 0.2) is 0 Å². The zero-order chi connectivity index (χ0) is 97.7. The molecule has 0 amide bonds. The zero-order valence-electron chi connectivity index (χ0n) is 83.5. The van der Waals surface area contributed by atoms with Crippen LogP contribution in [0.25, 0.3) is 207 Å². The van der Waals surface area contributed by atoms with Crippen LogP contribution in [-0.4, -0.2) is 53.2 Å². The fraction of sp³-hybridized carbons (Fsp3) is 0.188. The van der Waals surface area contributed by atoms with Crippen molar-refractivity contribution in [3.05, 3.63) is 397 Å². The van der Waals surface area contributed by atoms with Crippen molar-refractivity contribution in [2.75, 3.05) is 0 Å². The molecule has 7 aromatic heterocycles. The van der Waals surface area contributed by atoms with Crippen LogP contribution in [0, 0.1) is 18.4 Å². The van der Waals surface area contributed by atoms with E-state index in [2.05, 4.69) is 453 Å². The van der Waals surface area contributed by atoms with E-state index in [4.69, 9.17) is 25.2 Å². The minimum absolute atomic E-state index is 0. The first-order valence-electron chi connectivity index (χ1n) is 48.7. The van der Waals surface area contributed by atoms with Gasteiger partial charge in [-0.05, 0) is 282 Å². The Balaban J connectivity index is 0.000000171. The Labute approximate surface area is 844 Å². The molecule has 0 aliphatic heterocycles. The van der Waals surface area contributed by atoms with Gasteiger partial charge in [0.1, 0.15) is 0 Å². The molecule has 0 spiro atoms. The average molecular weight is 2030 g/mol. The van der Waals surface area contributed by atoms with Crippen molar-refractivity contribution in [3.63, 3.8) is 0 Å². The second-order valence-electron chi connectivity index (χ2n) is 43.7. The summed E-state index contributed by atoms with van der Waals surface area (Å²) in [5, 5.41) is 25.0. The minimum atomic E-state index is 0. The zero-order valence-corrected chi connectivity index (χ0v) is 85.7. The third-order valence-electron chi connectivity index (χ3n) is 27.9. The summed E-state index contributed by atoms with van der Waals surface area (Å²) < 4.78 is 24.2. The molecule has 14 heteroatoms. The summed E-state index contributed by atoms with van der Waals surface area (Å²) in [6, 6.07) is 127. The van der Waals surface area contributed by atoms with Crippen LogP contribution in [0.4, 0.5) is 0 Å². The maximum Gasteiger partial charge on any atom is 2.00 e. The summed E-state index contributed by atoms with van der Waals surface area (Å²) in [5.41, 5.74) is 34.2. The van der Waals surface area contributed by atoms with Crippen LogP contribution in [-0.2, 0) is 53.6 Å². The van der Waals surface area contributed by atoms with Crippen molar-refractivity contribution < 1.29 is 29.9 Å². The smallest absolute Gasteiger partial charge is 0.416 e. The molecule has 7 heterocycles. The van der Waals surface area contributed by atoms with E-state index in [0.29, 0.717) is 23.6 Å². The number of rotatable bonds is 13. The monoisotopic (exact) mass is 2030 g/mol. The van der Waals surface area contributed by atoms with Gasteiger partial charge in [-0.15, -0.1) is 62.4 Å². The molecule has 0 radical (unpaired) electrons. The van der Waals surface area contributed by atoms with Crippen LogP contribution in [0.5, 0.6) is 0 Å². The number of fused-ring (bicyclic) bond motifs is 11. The van der Waals surface area contributed by atoms with E-state index in [0.717, 1.165) is 145 Å². The first-order valence-corrected chi connectivity index (χ1v) is 48.7. The predicted molar refractivity (Wildman–Crippen MR) is 582 cm³/mol. The fourth-order valence-electron chi connectivity index (χ4n) is 19.8. The van der Waals surface area contributed by atoms with Crippen molar-refractivity contribution in [3.8, 4) is 125 Å². The molecular weight excluding hydrogens is 1920 g/mol. The third-order valence-corrected chi connectivity index (χ3v) is 27.9. The molecule has 0 fully saturated rings.